The van der Waals surface area contributed by atoms with Crippen LogP contribution in [-0.4, -0.2) is 9.97 Å². The summed E-state index contributed by atoms with van der Waals surface area (Å²) in [5, 5.41) is 10.4. The van der Waals surface area contributed by atoms with Crippen LogP contribution in [0, 0.1) is 0 Å². The highest BCUT2D eigenvalue weighted by molar-refractivity contribution is 6.29. The van der Waals surface area contributed by atoms with Crippen LogP contribution >= 0.6 is 0 Å². The SMILES string of the molecule is CC1(C)c2cc(-c3ccc(-c4ccccn4)nc3)ccc2-c2cc3c(-c4ccc5c6c(cccc46)-c4ccccc4-5)c4ccccc4c(-c4ccc5c6c(cccc46)-c4ccccc4-5)c3cc21. The van der Waals surface area contributed by atoms with Gasteiger partial charge in [0.05, 0.1) is 11.4 Å². The van der Waals surface area contributed by atoms with Crippen molar-refractivity contribution in [3.63, 3.8) is 0 Å². The van der Waals surface area contributed by atoms with E-state index in [4.69, 9.17) is 4.98 Å². The maximum absolute atomic E-state index is 4.87. The molecule has 15 rings (SSSR count). The van der Waals surface area contributed by atoms with Gasteiger partial charge in [0.2, 0.25) is 0 Å². The van der Waals surface area contributed by atoms with Gasteiger partial charge in [0.1, 0.15) is 0 Å². The smallest absolute Gasteiger partial charge is 0.0886 e. The molecular formula is C65H40N2. The third-order valence-corrected chi connectivity index (χ3v) is 15.5. The number of fused-ring (bicyclic) bond motifs is 11. The third-order valence-electron chi connectivity index (χ3n) is 15.5. The van der Waals surface area contributed by atoms with E-state index in [-0.39, 0.29) is 5.41 Å². The van der Waals surface area contributed by atoms with E-state index in [1.165, 1.54) is 138 Å². The second-order valence-corrected chi connectivity index (χ2v) is 19.1. The van der Waals surface area contributed by atoms with Crippen LogP contribution < -0.4 is 0 Å². The predicted molar refractivity (Wildman–Crippen MR) is 280 cm³/mol. The fourth-order valence-electron chi connectivity index (χ4n) is 12.4. The van der Waals surface area contributed by atoms with E-state index in [1.807, 2.05) is 30.6 Å². The molecule has 12 aromatic rings. The third kappa shape index (κ3) is 4.94. The van der Waals surface area contributed by atoms with Gasteiger partial charge in [0.25, 0.3) is 0 Å². The van der Waals surface area contributed by atoms with Crippen molar-refractivity contribution in [1.29, 1.82) is 0 Å². The summed E-state index contributed by atoms with van der Waals surface area (Å²) in [5.41, 5.74) is 24.7. The molecule has 0 N–H and O–H groups in total. The molecule has 3 aliphatic rings. The first-order valence-electron chi connectivity index (χ1n) is 23.4. The molecule has 2 heteroatoms. The molecule has 2 heterocycles. The number of nitrogens with zero attached hydrogens (tertiary/aromatic N) is 2. The van der Waals surface area contributed by atoms with Gasteiger partial charge >= 0.3 is 0 Å². The number of hydrogen-bond donors (Lipinski definition) is 0. The zero-order valence-electron chi connectivity index (χ0n) is 37.0. The first kappa shape index (κ1) is 36.8. The van der Waals surface area contributed by atoms with Crippen molar-refractivity contribution < 1.29 is 0 Å². The molecule has 310 valence electrons. The van der Waals surface area contributed by atoms with Crippen molar-refractivity contribution in [1.82, 2.24) is 9.97 Å². The summed E-state index contributed by atoms with van der Waals surface area (Å²) in [5.74, 6) is 0. The Labute approximate surface area is 388 Å². The van der Waals surface area contributed by atoms with Crippen molar-refractivity contribution >= 4 is 43.1 Å². The van der Waals surface area contributed by atoms with E-state index in [0.717, 1.165) is 17.0 Å². The van der Waals surface area contributed by atoms with E-state index >= 15 is 0 Å². The first-order valence-corrected chi connectivity index (χ1v) is 23.4. The molecule has 2 aromatic heterocycles. The molecule has 0 saturated carbocycles. The summed E-state index contributed by atoms with van der Waals surface area (Å²) >= 11 is 0. The summed E-state index contributed by atoms with van der Waals surface area (Å²) in [6.45, 7) is 4.82. The molecule has 0 amide bonds. The van der Waals surface area contributed by atoms with Crippen LogP contribution in [0.15, 0.2) is 207 Å². The number of benzene rings is 10. The molecule has 67 heavy (non-hydrogen) atoms. The molecule has 3 aliphatic carbocycles. The first-order chi connectivity index (χ1) is 33.0. The summed E-state index contributed by atoms with van der Waals surface area (Å²) in [6.07, 6.45) is 3.81. The second-order valence-electron chi connectivity index (χ2n) is 19.1. The maximum Gasteiger partial charge on any atom is 0.0886 e. The number of rotatable bonds is 4. The van der Waals surface area contributed by atoms with Crippen LogP contribution in [-0.2, 0) is 5.41 Å². The Kier molecular flexibility index (Phi) is 7.32. The van der Waals surface area contributed by atoms with Crippen molar-refractivity contribution in [3.8, 4) is 100 Å². The van der Waals surface area contributed by atoms with Gasteiger partial charge in [-0.1, -0.05) is 172 Å². The zero-order valence-corrected chi connectivity index (χ0v) is 37.0. The monoisotopic (exact) mass is 848 g/mol. The van der Waals surface area contributed by atoms with Crippen molar-refractivity contribution in [2.45, 2.75) is 19.3 Å². The Morgan fingerprint density at radius 1 is 0.299 bits per heavy atom. The van der Waals surface area contributed by atoms with Crippen molar-refractivity contribution in [2.24, 2.45) is 0 Å². The highest BCUT2D eigenvalue weighted by atomic mass is 14.8. The summed E-state index contributed by atoms with van der Waals surface area (Å²) < 4.78 is 0. The van der Waals surface area contributed by atoms with Crippen LogP contribution in [0.2, 0.25) is 0 Å². The Morgan fingerprint density at radius 3 is 1.33 bits per heavy atom. The van der Waals surface area contributed by atoms with Gasteiger partial charge in [-0.15, -0.1) is 0 Å². The van der Waals surface area contributed by atoms with Crippen LogP contribution in [0.25, 0.3) is 143 Å². The number of pyridine rings is 2. The van der Waals surface area contributed by atoms with Gasteiger partial charge in [-0.2, -0.15) is 0 Å². The van der Waals surface area contributed by atoms with Gasteiger partial charge in [-0.3, -0.25) is 9.97 Å². The highest BCUT2D eigenvalue weighted by Crippen LogP contribution is 2.57. The lowest BCUT2D eigenvalue weighted by Crippen LogP contribution is -2.15. The lowest BCUT2D eigenvalue weighted by molar-refractivity contribution is 0.661. The summed E-state index contributed by atoms with van der Waals surface area (Å²) in [6, 6.07) is 72.8. The minimum atomic E-state index is -0.267. The molecule has 0 spiro atoms. The molecule has 0 atom stereocenters. The van der Waals surface area contributed by atoms with Gasteiger partial charge in [0.15, 0.2) is 0 Å². The van der Waals surface area contributed by atoms with Crippen LogP contribution in [0.4, 0.5) is 0 Å². The predicted octanol–water partition coefficient (Wildman–Crippen LogP) is 17.4. The number of hydrogen-bond acceptors (Lipinski definition) is 2. The molecule has 2 nitrogen and oxygen atoms in total. The highest BCUT2D eigenvalue weighted by Gasteiger charge is 2.37. The van der Waals surface area contributed by atoms with Crippen molar-refractivity contribution in [2.75, 3.05) is 0 Å². The Morgan fingerprint density at radius 2 is 0.761 bits per heavy atom. The molecule has 0 radical (unpaired) electrons. The normalized spacial score (nSPS) is 13.3. The second kappa shape index (κ2) is 13.3. The quantitative estimate of drug-likeness (QED) is 0.165. The fourth-order valence-corrected chi connectivity index (χ4v) is 12.4. The molecule has 0 bridgehead atoms. The molecule has 0 aliphatic heterocycles. The van der Waals surface area contributed by atoms with Gasteiger partial charge < -0.3 is 0 Å². The average Bonchev–Trinajstić information content (AvgIpc) is 3.97. The Balaban J connectivity index is 1.02. The fraction of sp³-hybridized carbons (Fsp3) is 0.0462. The van der Waals surface area contributed by atoms with Gasteiger partial charge in [-0.05, 0) is 174 Å². The van der Waals surface area contributed by atoms with E-state index in [1.54, 1.807) is 0 Å². The van der Waals surface area contributed by atoms with Gasteiger partial charge in [0, 0.05) is 23.4 Å². The molecule has 10 aromatic carbocycles. The van der Waals surface area contributed by atoms with Crippen molar-refractivity contribution in [3.05, 3.63) is 218 Å². The average molecular weight is 849 g/mol. The Hall–Kier alpha value is -8.46. The van der Waals surface area contributed by atoms with Gasteiger partial charge in [-0.25, -0.2) is 0 Å². The standard InChI is InChI=1S/C65H40N2/c1-65(2)57-33-37(38-25-31-60(67-36-38)59-23-9-10-32-66-59)24-26-43(57)54-34-55-56(35-58(54)65)64(53-30-28-51-42-16-6-4-14-40(42)45-20-12-22-49(53)62(45)51)47-18-8-7-17-46(47)63(55)52-29-27-50-41-15-5-3-13-39(41)44-19-11-21-48(52)61(44)50/h3-36H,1-2H3. The minimum Gasteiger partial charge on any atom is -0.255 e. The lowest BCUT2D eigenvalue weighted by Gasteiger charge is -2.25. The largest absolute Gasteiger partial charge is 0.255 e. The summed E-state index contributed by atoms with van der Waals surface area (Å²) in [7, 11) is 0. The Bertz CT molecular complexity index is 4100. The van der Waals surface area contributed by atoms with E-state index < -0.39 is 0 Å². The van der Waals surface area contributed by atoms with E-state index in [9.17, 15) is 0 Å². The molecule has 0 saturated heterocycles. The summed E-state index contributed by atoms with van der Waals surface area (Å²) in [4.78, 5) is 9.41. The maximum atomic E-state index is 4.87. The molecule has 0 unspecified atom stereocenters. The zero-order chi connectivity index (χ0) is 44.1. The van der Waals surface area contributed by atoms with E-state index in [2.05, 4.69) is 195 Å². The molecular weight excluding hydrogens is 809 g/mol. The minimum absolute atomic E-state index is 0.267. The molecule has 0 fully saturated rings. The van der Waals surface area contributed by atoms with Crippen LogP contribution in [0.1, 0.15) is 25.0 Å². The number of aromatic nitrogens is 2. The van der Waals surface area contributed by atoms with Crippen LogP contribution in [0.5, 0.6) is 0 Å². The van der Waals surface area contributed by atoms with Crippen LogP contribution in [0.3, 0.4) is 0 Å². The van der Waals surface area contributed by atoms with E-state index in [0.29, 0.717) is 0 Å². The lowest BCUT2D eigenvalue weighted by atomic mass is 9.78. The topological polar surface area (TPSA) is 25.8 Å².